The van der Waals surface area contributed by atoms with Crippen LogP contribution in [-0.2, 0) is 4.74 Å². The minimum atomic E-state index is -0.746. The van der Waals surface area contributed by atoms with Gasteiger partial charge < -0.3 is 14.2 Å². The highest BCUT2D eigenvalue weighted by Crippen LogP contribution is 2.24. The number of carbonyl (C=O) groups excluding carboxylic acids is 2. The molecule has 0 radical (unpaired) electrons. The number of rotatable bonds is 5. The Morgan fingerprint density at radius 3 is 2.27 bits per heavy atom. The zero-order valence-corrected chi connectivity index (χ0v) is 14.8. The summed E-state index contributed by atoms with van der Waals surface area (Å²) < 4.78 is 17.1. The van der Waals surface area contributed by atoms with E-state index in [2.05, 4.69) is 0 Å². The molecule has 0 aliphatic rings. The number of ether oxygens (including phenoxy) is 3. The van der Waals surface area contributed by atoms with Crippen LogP contribution in [0.3, 0.4) is 0 Å². The van der Waals surface area contributed by atoms with Crippen molar-refractivity contribution in [2.75, 3.05) is 14.2 Å². The lowest BCUT2D eigenvalue weighted by Crippen LogP contribution is -2.28. The zero-order valence-electron chi connectivity index (χ0n) is 14.8. The molecule has 0 saturated heterocycles. The SMILES string of the molecule is COC(=O)c1cn(C(=O)C(C)Oc2ccc(OC)cc2)c2ccccc12. The van der Waals surface area contributed by atoms with Crippen LogP contribution in [-0.4, -0.2) is 36.8 Å². The Hall–Kier alpha value is -3.28. The van der Waals surface area contributed by atoms with Gasteiger partial charge in [0.25, 0.3) is 5.91 Å². The van der Waals surface area contributed by atoms with Crippen molar-refractivity contribution in [1.29, 1.82) is 0 Å². The van der Waals surface area contributed by atoms with Gasteiger partial charge in [0.15, 0.2) is 6.10 Å². The van der Waals surface area contributed by atoms with Crippen LogP contribution in [0.25, 0.3) is 10.9 Å². The minimum absolute atomic E-state index is 0.285. The molecule has 0 aliphatic heterocycles. The summed E-state index contributed by atoms with van der Waals surface area (Å²) in [6.45, 7) is 1.67. The lowest BCUT2D eigenvalue weighted by molar-refractivity contribution is 0.0602. The second kappa shape index (κ2) is 7.31. The average Bonchev–Trinajstić information content (AvgIpc) is 3.07. The third kappa shape index (κ3) is 3.26. The number of benzene rings is 2. The summed E-state index contributed by atoms with van der Waals surface area (Å²) in [5, 5.41) is 0.657. The molecule has 134 valence electrons. The molecular weight excluding hydrogens is 334 g/mol. The van der Waals surface area contributed by atoms with Crippen molar-refractivity contribution >= 4 is 22.8 Å². The van der Waals surface area contributed by atoms with E-state index < -0.39 is 12.1 Å². The Bertz CT molecular complexity index is 942. The van der Waals surface area contributed by atoms with Crippen LogP contribution in [0.2, 0.25) is 0 Å². The number of para-hydroxylation sites is 1. The highest BCUT2D eigenvalue weighted by molar-refractivity contribution is 6.07. The number of esters is 1. The van der Waals surface area contributed by atoms with E-state index in [4.69, 9.17) is 14.2 Å². The van der Waals surface area contributed by atoms with Gasteiger partial charge in [-0.05, 0) is 37.3 Å². The van der Waals surface area contributed by atoms with Crippen molar-refractivity contribution in [3.05, 3.63) is 60.3 Å². The van der Waals surface area contributed by atoms with Gasteiger partial charge in [-0.15, -0.1) is 0 Å². The van der Waals surface area contributed by atoms with Gasteiger partial charge in [0, 0.05) is 11.6 Å². The van der Waals surface area contributed by atoms with E-state index in [0.29, 0.717) is 28.0 Å². The van der Waals surface area contributed by atoms with E-state index in [1.807, 2.05) is 6.07 Å². The molecule has 6 nitrogen and oxygen atoms in total. The van der Waals surface area contributed by atoms with Gasteiger partial charge in [-0.3, -0.25) is 9.36 Å². The van der Waals surface area contributed by atoms with Crippen LogP contribution in [0.5, 0.6) is 11.5 Å². The fourth-order valence-electron chi connectivity index (χ4n) is 2.74. The van der Waals surface area contributed by atoms with Gasteiger partial charge >= 0.3 is 5.97 Å². The number of fused-ring (bicyclic) bond motifs is 1. The molecule has 0 N–H and O–H groups in total. The second-order valence-electron chi connectivity index (χ2n) is 5.70. The van der Waals surface area contributed by atoms with E-state index in [9.17, 15) is 9.59 Å². The molecule has 0 saturated carbocycles. The van der Waals surface area contributed by atoms with Crippen molar-refractivity contribution in [3.8, 4) is 11.5 Å². The standard InChI is InChI=1S/C20H19NO5/c1-13(26-15-10-8-14(24-2)9-11-15)19(22)21-12-17(20(23)25-3)16-6-4-5-7-18(16)21/h4-13H,1-3H3. The van der Waals surface area contributed by atoms with Crippen molar-refractivity contribution in [2.45, 2.75) is 13.0 Å². The number of methoxy groups -OCH3 is 2. The molecule has 26 heavy (non-hydrogen) atoms. The summed E-state index contributed by atoms with van der Waals surface area (Å²) in [6.07, 6.45) is 0.747. The van der Waals surface area contributed by atoms with Crippen LogP contribution in [0, 0.1) is 0 Å². The molecule has 0 spiro atoms. The van der Waals surface area contributed by atoms with Crippen LogP contribution in [0.15, 0.2) is 54.7 Å². The summed E-state index contributed by atoms with van der Waals surface area (Å²) >= 11 is 0. The highest BCUT2D eigenvalue weighted by Gasteiger charge is 2.23. The van der Waals surface area contributed by atoms with E-state index in [1.165, 1.54) is 17.9 Å². The van der Waals surface area contributed by atoms with Crippen molar-refractivity contribution in [3.63, 3.8) is 0 Å². The first-order chi connectivity index (χ1) is 12.5. The van der Waals surface area contributed by atoms with Crippen LogP contribution in [0.4, 0.5) is 0 Å². The smallest absolute Gasteiger partial charge is 0.340 e. The van der Waals surface area contributed by atoms with Gasteiger partial charge in [-0.25, -0.2) is 4.79 Å². The van der Waals surface area contributed by atoms with Crippen molar-refractivity contribution in [2.24, 2.45) is 0 Å². The largest absolute Gasteiger partial charge is 0.497 e. The van der Waals surface area contributed by atoms with E-state index in [-0.39, 0.29) is 5.91 Å². The first-order valence-corrected chi connectivity index (χ1v) is 8.08. The van der Waals surface area contributed by atoms with E-state index in [1.54, 1.807) is 56.5 Å². The maximum absolute atomic E-state index is 12.9. The normalized spacial score (nSPS) is 11.8. The molecule has 3 aromatic rings. The van der Waals surface area contributed by atoms with Crippen LogP contribution >= 0.6 is 0 Å². The van der Waals surface area contributed by atoms with E-state index in [0.717, 1.165) is 0 Å². The lowest BCUT2D eigenvalue weighted by atomic mass is 10.2. The van der Waals surface area contributed by atoms with Gasteiger partial charge in [0.2, 0.25) is 0 Å². The molecular formula is C20H19NO5. The predicted octanol–water partition coefficient (Wildman–Crippen LogP) is 3.54. The zero-order chi connectivity index (χ0) is 18.7. The molecule has 1 unspecified atom stereocenters. The van der Waals surface area contributed by atoms with Gasteiger partial charge in [0.1, 0.15) is 11.5 Å². The molecule has 0 aliphatic carbocycles. The average molecular weight is 353 g/mol. The predicted molar refractivity (Wildman–Crippen MR) is 97.0 cm³/mol. The maximum Gasteiger partial charge on any atom is 0.340 e. The summed E-state index contributed by atoms with van der Waals surface area (Å²) in [7, 11) is 2.89. The number of carbonyl (C=O) groups is 2. The Morgan fingerprint density at radius 2 is 1.62 bits per heavy atom. The second-order valence-corrected chi connectivity index (χ2v) is 5.70. The summed E-state index contributed by atoms with van der Waals surface area (Å²) in [6, 6.07) is 14.1. The summed E-state index contributed by atoms with van der Waals surface area (Å²) in [5.74, 6) is 0.482. The highest BCUT2D eigenvalue weighted by atomic mass is 16.5. The molecule has 6 heteroatoms. The van der Waals surface area contributed by atoms with E-state index >= 15 is 0 Å². The first kappa shape index (κ1) is 17.5. The Kier molecular flexibility index (Phi) is 4.93. The molecule has 0 amide bonds. The number of hydrogen-bond acceptors (Lipinski definition) is 5. The van der Waals surface area contributed by atoms with Gasteiger partial charge in [0.05, 0.1) is 25.3 Å². The third-order valence-corrected chi connectivity index (χ3v) is 4.07. The summed E-state index contributed by atoms with van der Waals surface area (Å²) in [4.78, 5) is 24.9. The van der Waals surface area contributed by atoms with Crippen molar-refractivity contribution < 1.29 is 23.8 Å². The molecule has 1 heterocycles. The number of hydrogen-bond donors (Lipinski definition) is 0. The maximum atomic E-state index is 12.9. The molecule has 3 rings (SSSR count). The Labute approximate surface area is 150 Å². The Morgan fingerprint density at radius 1 is 0.962 bits per heavy atom. The van der Waals surface area contributed by atoms with Crippen LogP contribution < -0.4 is 9.47 Å². The minimum Gasteiger partial charge on any atom is -0.497 e. The summed E-state index contributed by atoms with van der Waals surface area (Å²) in [5.41, 5.74) is 0.969. The number of aromatic nitrogens is 1. The first-order valence-electron chi connectivity index (χ1n) is 8.08. The molecule has 1 aromatic heterocycles. The fourth-order valence-corrected chi connectivity index (χ4v) is 2.74. The topological polar surface area (TPSA) is 66.8 Å². The molecule has 2 aromatic carbocycles. The monoisotopic (exact) mass is 353 g/mol. The quantitative estimate of drug-likeness (QED) is 0.656. The van der Waals surface area contributed by atoms with Crippen LogP contribution in [0.1, 0.15) is 22.1 Å². The molecule has 0 fully saturated rings. The Balaban J connectivity index is 1.90. The lowest BCUT2D eigenvalue weighted by Gasteiger charge is -2.15. The molecule has 1 atom stereocenters. The van der Waals surface area contributed by atoms with Crippen molar-refractivity contribution in [1.82, 2.24) is 4.57 Å². The fraction of sp³-hybridized carbons (Fsp3) is 0.200. The number of nitrogens with zero attached hydrogens (tertiary/aromatic N) is 1. The van der Waals surface area contributed by atoms with Gasteiger partial charge in [-0.2, -0.15) is 0 Å². The molecule has 0 bridgehead atoms. The third-order valence-electron chi connectivity index (χ3n) is 4.07. The van der Waals surface area contributed by atoms with Gasteiger partial charge in [-0.1, -0.05) is 18.2 Å².